The van der Waals surface area contributed by atoms with Gasteiger partial charge in [0.1, 0.15) is 17.4 Å². The summed E-state index contributed by atoms with van der Waals surface area (Å²) < 4.78 is 11.7. The number of nitrogens with zero attached hydrogens (tertiary/aromatic N) is 3. The first-order valence-corrected chi connectivity index (χ1v) is 10.1. The summed E-state index contributed by atoms with van der Waals surface area (Å²) in [5.74, 6) is 0.831. The second-order valence-corrected chi connectivity index (χ2v) is 7.64. The normalized spacial score (nSPS) is 22.8. The number of piperidine rings is 1. The number of para-hydroxylation sites is 1. The maximum atomic E-state index is 12.7. The van der Waals surface area contributed by atoms with Gasteiger partial charge in [0.15, 0.2) is 11.4 Å². The van der Waals surface area contributed by atoms with Gasteiger partial charge in [0.2, 0.25) is 5.91 Å². The number of nitrogens with one attached hydrogen (secondary N) is 1. The second kappa shape index (κ2) is 7.39. The number of benzene rings is 1. The van der Waals surface area contributed by atoms with Crippen molar-refractivity contribution >= 4 is 33.8 Å². The lowest BCUT2D eigenvalue weighted by Gasteiger charge is -2.32. The van der Waals surface area contributed by atoms with Crippen LogP contribution in [0, 0.1) is 5.92 Å². The summed E-state index contributed by atoms with van der Waals surface area (Å²) in [7, 11) is 0. The van der Waals surface area contributed by atoms with Crippen molar-refractivity contribution in [3.8, 4) is 0 Å². The minimum absolute atomic E-state index is 0.0513. The molecule has 2 aliphatic rings. The Morgan fingerprint density at radius 3 is 3.04 bits per heavy atom. The van der Waals surface area contributed by atoms with Gasteiger partial charge in [-0.1, -0.05) is 12.1 Å². The van der Waals surface area contributed by atoms with Crippen molar-refractivity contribution in [1.82, 2.24) is 15.3 Å². The summed E-state index contributed by atoms with van der Waals surface area (Å²) in [5, 5.41) is 4.07. The van der Waals surface area contributed by atoms with Crippen molar-refractivity contribution in [2.24, 2.45) is 5.92 Å². The van der Waals surface area contributed by atoms with Gasteiger partial charge in [0.05, 0.1) is 12.0 Å². The predicted molar refractivity (Wildman–Crippen MR) is 106 cm³/mol. The lowest BCUT2D eigenvalue weighted by molar-refractivity contribution is -0.125. The third-order valence-electron chi connectivity index (χ3n) is 5.76. The number of aromatic nitrogens is 2. The Morgan fingerprint density at radius 2 is 2.14 bits per heavy atom. The zero-order chi connectivity index (χ0) is 18.9. The molecule has 7 nitrogen and oxygen atoms in total. The van der Waals surface area contributed by atoms with Gasteiger partial charge < -0.3 is 19.4 Å². The zero-order valence-electron chi connectivity index (χ0n) is 15.8. The average molecular weight is 380 g/mol. The molecule has 0 aliphatic carbocycles. The number of carbonyl (C=O) groups excluding carboxylic acids is 1. The molecule has 2 fully saturated rings. The van der Waals surface area contributed by atoms with Gasteiger partial charge in [0.25, 0.3) is 0 Å². The minimum Gasteiger partial charge on any atom is -0.450 e. The number of rotatable bonds is 4. The molecule has 1 aromatic carbocycles. The monoisotopic (exact) mass is 380 g/mol. The van der Waals surface area contributed by atoms with Crippen LogP contribution in [0.3, 0.4) is 0 Å². The number of furan rings is 1. The highest BCUT2D eigenvalue weighted by Crippen LogP contribution is 2.33. The van der Waals surface area contributed by atoms with Crippen LogP contribution < -0.4 is 10.2 Å². The molecule has 1 N–H and O–H groups in total. The number of hydrogen-bond donors (Lipinski definition) is 1. The van der Waals surface area contributed by atoms with Gasteiger partial charge in [-0.05, 0) is 37.8 Å². The Kier molecular flexibility index (Phi) is 4.60. The minimum atomic E-state index is -0.0513. The number of fused-ring (bicyclic) bond motifs is 3. The van der Waals surface area contributed by atoms with Crippen LogP contribution in [0.2, 0.25) is 0 Å². The molecule has 0 saturated carbocycles. The Balaban J connectivity index is 1.35. The summed E-state index contributed by atoms with van der Waals surface area (Å²) in [6.07, 6.45) is 5.70. The van der Waals surface area contributed by atoms with E-state index in [0.717, 1.165) is 61.1 Å². The third kappa shape index (κ3) is 3.20. The third-order valence-corrected chi connectivity index (χ3v) is 5.76. The molecule has 7 heteroatoms. The van der Waals surface area contributed by atoms with E-state index in [1.807, 2.05) is 24.3 Å². The molecule has 28 heavy (non-hydrogen) atoms. The SMILES string of the molecule is O=C(NC[C@H]1CCCO1)[C@H]1CCCN(c2ncnc3c2oc2ccccc23)C1. The van der Waals surface area contributed by atoms with E-state index in [2.05, 4.69) is 20.2 Å². The van der Waals surface area contributed by atoms with E-state index in [1.165, 1.54) is 0 Å². The fraction of sp³-hybridized carbons (Fsp3) is 0.476. The van der Waals surface area contributed by atoms with Crippen molar-refractivity contribution in [2.45, 2.75) is 31.8 Å². The van der Waals surface area contributed by atoms with Crippen LogP contribution in [-0.2, 0) is 9.53 Å². The Labute approximate surface area is 163 Å². The summed E-state index contributed by atoms with van der Waals surface area (Å²) in [6.45, 7) is 2.91. The van der Waals surface area contributed by atoms with E-state index in [9.17, 15) is 4.79 Å². The first kappa shape index (κ1) is 17.4. The van der Waals surface area contributed by atoms with Crippen LogP contribution in [0.25, 0.3) is 22.1 Å². The molecule has 0 bridgehead atoms. The van der Waals surface area contributed by atoms with E-state index >= 15 is 0 Å². The van der Waals surface area contributed by atoms with Crippen LogP contribution in [0.5, 0.6) is 0 Å². The molecular weight excluding hydrogens is 356 g/mol. The van der Waals surface area contributed by atoms with Gasteiger partial charge in [-0.15, -0.1) is 0 Å². The van der Waals surface area contributed by atoms with Crippen LogP contribution in [0.1, 0.15) is 25.7 Å². The highest BCUT2D eigenvalue weighted by molar-refractivity contribution is 6.05. The van der Waals surface area contributed by atoms with Gasteiger partial charge in [0, 0.05) is 31.6 Å². The fourth-order valence-corrected chi connectivity index (χ4v) is 4.28. The lowest BCUT2D eigenvalue weighted by atomic mass is 9.97. The maximum Gasteiger partial charge on any atom is 0.224 e. The molecule has 0 unspecified atom stereocenters. The predicted octanol–water partition coefficient (Wildman–Crippen LogP) is 2.89. The average Bonchev–Trinajstić information content (AvgIpc) is 3.39. The summed E-state index contributed by atoms with van der Waals surface area (Å²) in [4.78, 5) is 23.8. The van der Waals surface area contributed by atoms with Crippen LogP contribution in [0.15, 0.2) is 35.0 Å². The summed E-state index contributed by atoms with van der Waals surface area (Å²) in [5.41, 5.74) is 2.33. The topological polar surface area (TPSA) is 80.5 Å². The van der Waals surface area contributed by atoms with Gasteiger partial charge in [-0.3, -0.25) is 4.79 Å². The first-order chi connectivity index (χ1) is 13.8. The zero-order valence-corrected chi connectivity index (χ0v) is 15.8. The van der Waals surface area contributed by atoms with E-state index in [-0.39, 0.29) is 17.9 Å². The van der Waals surface area contributed by atoms with Gasteiger partial charge >= 0.3 is 0 Å². The standard InChI is InChI=1S/C21H24N4O3/c26-21(22-11-15-6-4-10-27-15)14-5-3-9-25(12-14)20-19-18(23-13-24-20)16-7-1-2-8-17(16)28-19/h1-2,7-8,13-15H,3-6,9-12H2,(H,22,26)/t14-,15+/m0/s1. The first-order valence-electron chi connectivity index (χ1n) is 10.1. The second-order valence-electron chi connectivity index (χ2n) is 7.64. The number of ether oxygens (including phenoxy) is 1. The van der Waals surface area contributed by atoms with Crippen molar-refractivity contribution in [1.29, 1.82) is 0 Å². The number of amides is 1. The molecule has 2 saturated heterocycles. The fourth-order valence-electron chi connectivity index (χ4n) is 4.28. The Hall–Kier alpha value is -2.67. The Morgan fingerprint density at radius 1 is 1.21 bits per heavy atom. The number of anilines is 1. The smallest absolute Gasteiger partial charge is 0.224 e. The molecule has 146 valence electrons. The van der Waals surface area contributed by atoms with Crippen molar-refractivity contribution in [3.63, 3.8) is 0 Å². The van der Waals surface area contributed by atoms with E-state index in [0.29, 0.717) is 18.7 Å². The lowest BCUT2D eigenvalue weighted by Crippen LogP contribution is -2.45. The number of carbonyl (C=O) groups is 1. The molecular formula is C21H24N4O3. The molecule has 2 atom stereocenters. The number of hydrogen-bond acceptors (Lipinski definition) is 6. The quantitative estimate of drug-likeness (QED) is 0.750. The molecule has 0 radical (unpaired) electrons. The van der Waals surface area contributed by atoms with E-state index < -0.39 is 0 Å². The molecule has 2 aliphatic heterocycles. The largest absolute Gasteiger partial charge is 0.450 e. The van der Waals surface area contributed by atoms with Gasteiger partial charge in [-0.2, -0.15) is 0 Å². The molecule has 5 rings (SSSR count). The van der Waals surface area contributed by atoms with Crippen molar-refractivity contribution in [3.05, 3.63) is 30.6 Å². The van der Waals surface area contributed by atoms with Crippen LogP contribution in [0.4, 0.5) is 5.82 Å². The van der Waals surface area contributed by atoms with Crippen LogP contribution in [-0.4, -0.2) is 48.2 Å². The highest BCUT2D eigenvalue weighted by Gasteiger charge is 2.29. The molecule has 4 heterocycles. The van der Waals surface area contributed by atoms with Crippen molar-refractivity contribution < 1.29 is 13.9 Å². The molecule has 2 aromatic heterocycles. The van der Waals surface area contributed by atoms with Crippen LogP contribution >= 0.6 is 0 Å². The molecule has 1 amide bonds. The maximum absolute atomic E-state index is 12.7. The summed E-state index contributed by atoms with van der Waals surface area (Å²) >= 11 is 0. The Bertz CT molecular complexity index is 996. The molecule has 0 spiro atoms. The molecule has 3 aromatic rings. The highest BCUT2D eigenvalue weighted by atomic mass is 16.5. The van der Waals surface area contributed by atoms with E-state index in [4.69, 9.17) is 9.15 Å². The van der Waals surface area contributed by atoms with Gasteiger partial charge in [-0.25, -0.2) is 9.97 Å². The van der Waals surface area contributed by atoms with E-state index in [1.54, 1.807) is 6.33 Å². The van der Waals surface area contributed by atoms with Crippen molar-refractivity contribution in [2.75, 3.05) is 31.1 Å². The summed E-state index contributed by atoms with van der Waals surface area (Å²) in [6, 6.07) is 7.88.